The molecule has 0 heterocycles. The van der Waals surface area contributed by atoms with Gasteiger partial charge in [0.25, 0.3) is 5.91 Å². The predicted octanol–water partition coefficient (Wildman–Crippen LogP) is 1.49. The number of benzene rings is 1. The first-order valence-electron chi connectivity index (χ1n) is 6.30. The Balaban J connectivity index is 2.91. The summed E-state index contributed by atoms with van der Waals surface area (Å²) < 4.78 is 5.16. The Hall–Kier alpha value is -2.37. The number of carbonyl (C=O) groups is 3. The summed E-state index contributed by atoms with van der Waals surface area (Å²) in [5, 5.41) is 2.69. The van der Waals surface area contributed by atoms with Crippen LogP contribution in [0.15, 0.2) is 18.2 Å². The number of nitrogens with two attached hydrogens (primary N) is 1. The van der Waals surface area contributed by atoms with Gasteiger partial charge in [0.1, 0.15) is 5.75 Å². The summed E-state index contributed by atoms with van der Waals surface area (Å²) in [6, 6.07) is 4.66. The van der Waals surface area contributed by atoms with E-state index >= 15 is 0 Å². The molecule has 0 bridgehead atoms. The van der Waals surface area contributed by atoms with E-state index in [1.807, 2.05) is 6.92 Å². The molecule has 0 aliphatic rings. The monoisotopic (exact) mass is 278 g/mol. The standard InChI is InChI=1S/C14H18N2O4/c1-3-4-14(19)16-10-5-6-12(20-8-13(15)18)11(7-10)9(2)17/h5-7H,3-4,8H2,1-2H3,(H2,15,18)(H,16,19). The average molecular weight is 278 g/mol. The van der Waals surface area contributed by atoms with E-state index in [0.29, 0.717) is 17.7 Å². The molecule has 0 saturated carbocycles. The van der Waals surface area contributed by atoms with Crippen LogP contribution in [0.4, 0.5) is 5.69 Å². The molecule has 0 aliphatic heterocycles. The van der Waals surface area contributed by atoms with Gasteiger partial charge >= 0.3 is 0 Å². The largest absolute Gasteiger partial charge is 0.483 e. The summed E-state index contributed by atoms with van der Waals surface area (Å²) in [7, 11) is 0. The van der Waals surface area contributed by atoms with Crippen LogP contribution >= 0.6 is 0 Å². The number of carbonyl (C=O) groups excluding carboxylic acids is 3. The highest BCUT2D eigenvalue weighted by molar-refractivity contribution is 5.99. The van der Waals surface area contributed by atoms with Crippen molar-refractivity contribution < 1.29 is 19.1 Å². The lowest BCUT2D eigenvalue weighted by Gasteiger charge is -2.11. The van der Waals surface area contributed by atoms with Crippen LogP contribution in [0.2, 0.25) is 0 Å². The molecule has 3 N–H and O–H groups in total. The fourth-order valence-electron chi connectivity index (χ4n) is 1.61. The molecule has 108 valence electrons. The van der Waals surface area contributed by atoms with Gasteiger partial charge in [0, 0.05) is 12.1 Å². The Morgan fingerprint density at radius 1 is 1.30 bits per heavy atom. The number of anilines is 1. The fourth-order valence-corrected chi connectivity index (χ4v) is 1.61. The van der Waals surface area contributed by atoms with Crippen molar-refractivity contribution in [1.82, 2.24) is 0 Å². The average Bonchev–Trinajstić information content (AvgIpc) is 2.37. The maximum Gasteiger partial charge on any atom is 0.255 e. The third kappa shape index (κ3) is 4.72. The van der Waals surface area contributed by atoms with Gasteiger partial charge in [-0.3, -0.25) is 14.4 Å². The Bertz CT molecular complexity index is 526. The van der Waals surface area contributed by atoms with E-state index in [-0.39, 0.29) is 24.0 Å². The second-order valence-corrected chi connectivity index (χ2v) is 4.32. The van der Waals surface area contributed by atoms with Crippen molar-refractivity contribution in [3.05, 3.63) is 23.8 Å². The van der Waals surface area contributed by atoms with Crippen LogP contribution in [-0.2, 0) is 9.59 Å². The van der Waals surface area contributed by atoms with Gasteiger partial charge in [-0.05, 0) is 31.5 Å². The van der Waals surface area contributed by atoms with Gasteiger partial charge in [0.2, 0.25) is 5.91 Å². The molecule has 0 fully saturated rings. The highest BCUT2D eigenvalue weighted by atomic mass is 16.5. The molecule has 0 unspecified atom stereocenters. The van der Waals surface area contributed by atoms with Gasteiger partial charge in [-0.1, -0.05) is 6.92 Å². The van der Waals surface area contributed by atoms with E-state index in [2.05, 4.69) is 5.32 Å². The van der Waals surface area contributed by atoms with Gasteiger partial charge < -0.3 is 15.8 Å². The molecule has 0 atom stereocenters. The van der Waals surface area contributed by atoms with Crippen LogP contribution in [0, 0.1) is 0 Å². The van der Waals surface area contributed by atoms with Gasteiger partial charge in [0.05, 0.1) is 5.56 Å². The maximum absolute atomic E-state index is 11.6. The molecular weight excluding hydrogens is 260 g/mol. The summed E-state index contributed by atoms with van der Waals surface area (Å²) in [6.07, 6.45) is 1.15. The number of hydrogen-bond donors (Lipinski definition) is 2. The van der Waals surface area contributed by atoms with Gasteiger partial charge in [-0.25, -0.2) is 0 Å². The van der Waals surface area contributed by atoms with E-state index in [9.17, 15) is 14.4 Å². The van der Waals surface area contributed by atoms with E-state index in [4.69, 9.17) is 10.5 Å². The Labute approximate surface area is 117 Å². The third-order valence-electron chi connectivity index (χ3n) is 2.49. The van der Waals surface area contributed by atoms with Gasteiger partial charge in [-0.2, -0.15) is 0 Å². The molecule has 2 amide bonds. The zero-order valence-corrected chi connectivity index (χ0v) is 11.6. The number of hydrogen-bond acceptors (Lipinski definition) is 4. The second kappa shape index (κ2) is 7.28. The molecular formula is C14H18N2O4. The molecule has 6 nitrogen and oxygen atoms in total. The normalized spacial score (nSPS) is 9.90. The first-order valence-corrected chi connectivity index (χ1v) is 6.30. The number of ether oxygens (including phenoxy) is 1. The van der Waals surface area contributed by atoms with Crippen LogP contribution in [0.5, 0.6) is 5.75 Å². The second-order valence-electron chi connectivity index (χ2n) is 4.32. The Morgan fingerprint density at radius 3 is 2.55 bits per heavy atom. The van der Waals surface area contributed by atoms with Crippen LogP contribution in [0.3, 0.4) is 0 Å². The maximum atomic E-state index is 11.6. The zero-order chi connectivity index (χ0) is 15.1. The van der Waals surface area contributed by atoms with Crippen molar-refractivity contribution >= 4 is 23.3 Å². The summed E-state index contributed by atoms with van der Waals surface area (Å²) >= 11 is 0. The predicted molar refractivity (Wildman–Crippen MR) is 74.7 cm³/mol. The van der Waals surface area contributed by atoms with E-state index in [0.717, 1.165) is 6.42 Å². The van der Waals surface area contributed by atoms with Crippen molar-refractivity contribution in [2.75, 3.05) is 11.9 Å². The van der Waals surface area contributed by atoms with Crippen molar-refractivity contribution in [2.45, 2.75) is 26.7 Å². The summed E-state index contributed by atoms with van der Waals surface area (Å²) in [5.41, 5.74) is 5.80. The molecule has 0 aliphatic carbocycles. The number of primary amides is 1. The summed E-state index contributed by atoms with van der Waals surface area (Å²) in [6.45, 7) is 2.98. The quantitative estimate of drug-likeness (QED) is 0.738. The highest BCUT2D eigenvalue weighted by Crippen LogP contribution is 2.23. The third-order valence-corrected chi connectivity index (χ3v) is 2.49. The van der Waals surface area contributed by atoms with Crippen molar-refractivity contribution in [3.63, 3.8) is 0 Å². The fraction of sp³-hybridized carbons (Fsp3) is 0.357. The van der Waals surface area contributed by atoms with Gasteiger partial charge in [-0.15, -0.1) is 0 Å². The zero-order valence-electron chi connectivity index (χ0n) is 11.6. The van der Waals surface area contributed by atoms with Crippen molar-refractivity contribution in [2.24, 2.45) is 5.73 Å². The molecule has 1 aromatic carbocycles. The first kappa shape index (κ1) is 15.7. The van der Waals surface area contributed by atoms with Crippen LogP contribution in [0.1, 0.15) is 37.0 Å². The lowest BCUT2D eigenvalue weighted by Crippen LogP contribution is -2.20. The van der Waals surface area contributed by atoms with E-state index < -0.39 is 5.91 Å². The molecule has 1 aromatic rings. The number of nitrogens with one attached hydrogen (secondary N) is 1. The van der Waals surface area contributed by atoms with Crippen LogP contribution in [-0.4, -0.2) is 24.2 Å². The SMILES string of the molecule is CCCC(=O)Nc1ccc(OCC(N)=O)c(C(C)=O)c1. The minimum absolute atomic E-state index is 0.118. The van der Waals surface area contributed by atoms with E-state index in [1.165, 1.54) is 19.1 Å². The Morgan fingerprint density at radius 2 is 2.00 bits per heavy atom. The van der Waals surface area contributed by atoms with Gasteiger partial charge in [0.15, 0.2) is 12.4 Å². The lowest BCUT2D eigenvalue weighted by molar-refractivity contribution is -0.120. The van der Waals surface area contributed by atoms with Crippen molar-refractivity contribution in [3.8, 4) is 5.75 Å². The Kier molecular flexibility index (Phi) is 5.71. The number of amides is 2. The minimum Gasteiger partial charge on any atom is -0.483 e. The number of Topliss-reactive ketones (excluding diaryl/α,β-unsaturated/α-hetero) is 1. The van der Waals surface area contributed by atoms with Crippen molar-refractivity contribution in [1.29, 1.82) is 0 Å². The molecule has 0 saturated heterocycles. The number of rotatable bonds is 7. The minimum atomic E-state index is -0.625. The topological polar surface area (TPSA) is 98.5 Å². The molecule has 0 radical (unpaired) electrons. The van der Waals surface area contributed by atoms with E-state index in [1.54, 1.807) is 6.07 Å². The highest BCUT2D eigenvalue weighted by Gasteiger charge is 2.11. The molecule has 1 rings (SSSR count). The van der Waals surface area contributed by atoms with Crippen LogP contribution < -0.4 is 15.8 Å². The summed E-state index contributed by atoms with van der Waals surface area (Å²) in [4.78, 5) is 33.8. The lowest BCUT2D eigenvalue weighted by atomic mass is 10.1. The molecule has 0 aromatic heterocycles. The number of ketones is 1. The summed E-state index contributed by atoms with van der Waals surface area (Å²) in [5.74, 6) is -0.700. The first-order chi connectivity index (χ1) is 9.43. The molecule has 6 heteroatoms. The molecule has 0 spiro atoms. The molecule has 20 heavy (non-hydrogen) atoms. The smallest absolute Gasteiger partial charge is 0.255 e. The van der Waals surface area contributed by atoms with Crippen LogP contribution in [0.25, 0.3) is 0 Å².